The van der Waals surface area contributed by atoms with Crippen LogP contribution in [-0.2, 0) is 0 Å². The van der Waals surface area contributed by atoms with Crippen molar-refractivity contribution in [1.82, 2.24) is 0 Å². The zero-order valence-corrected chi connectivity index (χ0v) is 7.94. The number of phenols is 1. The average molecular weight is 224 g/mol. The van der Waals surface area contributed by atoms with Crippen LogP contribution >= 0.6 is 0 Å². The maximum Gasteiger partial charge on any atom is 0.270 e. The predicted molar refractivity (Wildman–Crippen MR) is 51.3 cm³/mol. The number of nitrogens with zero attached hydrogens (tertiary/aromatic N) is 2. The number of benzene rings is 1. The van der Waals surface area contributed by atoms with E-state index in [0.29, 0.717) is 0 Å². The number of aliphatic hydroxyl groups is 2. The largest absolute Gasteiger partial charge is 0.508 e. The summed E-state index contributed by atoms with van der Waals surface area (Å²) in [7, 11) is 0. The third-order valence-electron chi connectivity index (χ3n) is 1.97. The second-order valence-electron chi connectivity index (χ2n) is 3.02. The predicted octanol–water partition coefficient (Wildman–Crippen LogP) is 0.218. The maximum atomic E-state index is 10.4. The Morgan fingerprint density at radius 3 is 2.56 bits per heavy atom. The normalized spacial score (nSPS) is 13.8. The summed E-state index contributed by atoms with van der Waals surface area (Å²) in [6.07, 6.45) is -3.45. The summed E-state index contributed by atoms with van der Waals surface area (Å²) in [5, 5.41) is 46.6. The standard InChI is InChI=1S/C9H8N2O5/c10-4-8(13)9(14)6-3-5(11(15)16)1-2-7(6)12/h1-3,8-9,12-14H. The molecule has 0 bridgehead atoms. The fraction of sp³-hybridized carbons (Fsp3) is 0.222. The Hall–Kier alpha value is -2.17. The monoisotopic (exact) mass is 224 g/mol. The molecule has 16 heavy (non-hydrogen) atoms. The number of nitriles is 1. The Bertz CT molecular complexity index is 454. The van der Waals surface area contributed by atoms with Gasteiger partial charge in [0, 0.05) is 17.7 Å². The lowest BCUT2D eigenvalue weighted by Gasteiger charge is -2.12. The SMILES string of the molecule is N#CC(O)C(O)c1cc([N+](=O)[O-])ccc1O. The van der Waals surface area contributed by atoms with Crippen LogP contribution in [0.5, 0.6) is 5.75 Å². The van der Waals surface area contributed by atoms with Crippen molar-refractivity contribution in [3.63, 3.8) is 0 Å². The van der Waals surface area contributed by atoms with Crippen molar-refractivity contribution in [2.24, 2.45) is 0 Å². The van der Waals surface area contributed by atoms with Crippen LogP contribution in [0.2, 0.25) is 0 Å². The van der Waals surface area contributed by atoms with E-state index in [-0.39, 0.29) is 11.3 Å². The molecule has 0 saturated heterocycles. The molecule has 0 fully saturated rings. The Kier molecular flexibility index (Phi) is 3.40. The first-order valence-corrected chi connectivity index (χ1v) is 4.20. The van der Waals surface area contributed by atoms with E-state index < -0.39 is 22.9 Å². The van der Waals surface area contributed by atoms with E-state index in [1.807, 2.05) is 0 Å². The summed E-state index contributed by atoms with van der Waals surface area (Å²) in [4.78, 5) is 9.73. The zero-order valence-electron chi connectivity index (χ0n) is 7.94. The Balaban J connectivity index is 3.17. The number of rotatable bonds is 3. The van der Waals surface area contributed by atoms with Crippen molar-refractivity contribution in [3.8, 4) is 11.8 Å². The van der Waals surface area contributed by atoms with E-state index in [1.54, 1.807) is 0 Å². The summed E-state index contributed by atoms with van der Waals surface area (Å²) in [6, 6.07) is 4.33. The minimum absolute atomic E-state index is 0.261. The van der Waals surface area contributed by atoms with Gasteiger partial charge in [-0.05, 0) is 6.07 Å². The average Bonchev–Trinajstić information content (AvgIpc) is 2.27. The second-order valence-corrected chi connectivity index (χ2v) is 3.02. The third kappa shape index (κ3) is 2.25. The Morgan fingerprint density at radius 1 is 1.44 bits per heavy atom. The van der Waals surface area contributed by atoms with Crippen molar-refractivity contribution in [1.29, 1.82) is 5.26 Å². The molecular formula is C9H8N2O5. The topological polar surface area (TPSA) is 128 Å². The molecule has 7 heteroatoms. The van der Waals surface area contributed by atoms with Gasteiger partial charge in [-0.15, -0.1) is 0 Å². The van der Waals surface area contributed by atoms with E-state index in [9.17, 15) is 20.3 Å². The van der Waals surface area contributed by atoms with Gasteiger partial charge in [0.2, 0.25) is 0 Å². The highest BCUT2D eigenvalue weighted by molar-refractivity contribution is 5.44. The quantitative estimate of drug-likeness (QED) is 0.382. The van der Waals surface area contributed by atoms with Crippen molar-refractivity contribution in [2.45, 2.75) is 12.2 Å². The summed E-state index contributed by atoms with van der Waals surface area (Å²) in [6.45, 7) is 0. The van der Waals surface area contributed by atoms with Crippen molar-refractivity contribution in [3.05, 3.63) is 33.9 Å². The molecule has 0 amide bonds. The van der Waals surface area contributed by atoms with E-state index in [0.717, 1.165) is 18.2 Å². The zero-order chi connectivity index (χ0) is 12.3. The van der Waals surface area contributed by atoms with E-state index in [4.69, 9.17) is 10.4 Å². The molecule has 0 spiro atoms. The molecule has 7 nitrogen and oxygen atoms in total. The molecular weight excluding hydrogens is 216 g/mol. The number of aromatic hydroxyl groups is 1. The van der Waals surface area contributed by atoms with Gasteiger partial charge in [0.1, 0.15) is 11.9 Å². The molecule has 0 saturated carbocycles. The first-order chi connectivity index (χ1) is 7.47. The second kappa shape index (κ2) is 4.57. The van der Waals surface area contributed by atoms with Gasteiger partial charge in [0.15, 0.2) is 6.10 Å². The van der Waals surface area contributed by atoms with Crippen LogP contribution in [0.25, 0.3) is 0 Å². The maximum absolute atomic E-state index is 10.4. The Labute approximate surface area is 90.0 Å². The number of hydrogen-bond donors (Lipinski definition) is 3. The summed E-state index contributed by atoms with van der Waals surface area (Å²) >= 11 is 0. The van der Waals surface area contributed by atoms with Gasteiger partial charge in [-0.3, -0.25) is 10.1 Å². The number of hydrogen-bond acceptors (Lipinski definition) is 6. The van der Waals surface area contributed by atoms with Crippen LogP contribution in [0.15, 0.2) is 18.2 Å². The van der Waals surface area contributed by atoms with Crippen LogP contribution in [0, 0.1) is 21.4 Å². The highest BCUT2D eigenvalue weighted by Gasteiger charge is 2.23. The van der Waals surface area contributed by atoms with Crippen LogP contribution in [0.4, 0.5) is 5.69 Å². The van der Waals surface area contributed by atoms with Gasteiger partial charge in [0.25, 0.3) is 5.69 Å². The van der Waals surface area contributed by atoms with Crippen LogP contribution in [0.3, 0.4) is 0 Å². The van der Waals surface area contributed by atoms with Crippen molar-refractivity contribution in [2.75, 3.05) is 0 Å². The van der Waals surface area contributed by atoms with E-state index >= 15 is 0 Å². The number of nitro groups is 1. The minimum atomic E-state index is -1.76. The molecule has 3 N–H and O–H groups in total. The summed E-state index contributed by atoms with van der Waals surface area (Å²) < 4.78 is 0. The fourth-order valence-electron chi connectivity index (χ4n) is 1.13. The van der Waals surface area contributed by atoms with Crippen LogP contribution in [0.1, 0.15) is 11.7 Å². The van der Waals surface area contributed by atoms with Gasteiger partial charge < -0.3 is 15.3 Å². The third-order valence-corrected chi connectivity index (χ3v) is 1.97. The first-order valence-electron chi connectivity index (χ1n) is 4.20. The van der Waals surface area contributed by atoms with Crippen LogP contribution in [-0.4, -0.2) is 26.3 Å². The molecule has 2 unspecified atom stereocenters. The van der Waals surface area contributed by atoms with Gasteiger partial charge in [-0.2, -0.15) is 5.26 Å². The van der Waals surface area contributed by atoms with E-state index in [1.165, 1.54) is 6.07 Å². The minimum Gasteiger partial charge on any atom is -0.508 e. The van der Waals surface area contributed by atoms with E-state index in [2.05, 4.69) is 0 Å². The number of nitro benzene ring substituents is 1. The van der Waals surface area contributed by atoms with Crippen molar-refractivity contribution >= 4 is 5.69 Å². The summed E-state index contributed by atoms with van der Waals surface area (Å²) in [5.41, 5.74) is -0.611. The molecule has 0 heterocycles. The van der Waals surface area contributed by atoms with Gasteiger partial charge in [-0.25, -0.2) is 0 Å². The van der Waals surface area contributed by atoms with Crippen LogP contribution < -0.4 is 0 Å². The molecule has 2 atom stereocenters. The summed E-state index contributed by atoms with van der Waals surface area (Å²) in [5.74, 6) is -0.424. The number of aliphatic hydroxyl groups excluding tert-OH is 2. The molecule has 0 aliphatic heterocycles. The fourth-order valence-corrected chi connectivity index (χ4v) is 1.13. The molecule has 1 rings (SSSR count). The Morgan fingerprint density at radius 2 is 2.06 bits per heavy atom. The first kappa shape index (κ1) is 11.9. The lowest BCUT2D eigenvalue weighted by Crippen LogP contribution is -2.16. The number of phenolic OH excluding ortho intramolecular Hbond substituents is 1. The lowest BCUT2D eigenvalue weighted by atomic mass is 10.0. The highest BCUT2D eigenvalue weighted by Crippen LogP contribution is 2.29. The molecule has 0 radical (unpaired) electrons. The van der Waals surface area contributed by atoms with Gasteiger partial charge in [0.05, 0.1) is 11.0 Å². The molecule has 0 aromatic heterocycles. The molecule has 1 aromatic carbocycles. The molecule has 84 valence electrons. The smallest absolute Gasteiger partial charge is 0.270 e. The number of non-ortho nitro benzene ring substituents is 1. The molecule has 0 aliphatic carbocycles. The highest BCUT2D eigenvalue weighted by atomic mass is 16.6. The molecule has 1 aromatic rings. The van der Waals surface area contributed by atoms with Gasteiger partial charge in [-0.1, -0.05) is 0 Å². The van der Waals surface area contributed by atoms with Gasteiger partial charge >= 0.3 is 0 Å². The molecule has 0 aliphatic rings. The van der Waals surface area contributed by atoms with Crippen molar-refractivity contribution < 1.29 is 20.2 Å². The lowest BCUT2D eigenvalue weighted by molar-refractivity contribution is -0.385.